The van der Waals surface area contributed by atoms with Crippen molar-refractivity contribution in [2.45, 2.75) is 6.42 Å². The Morgan fingerprint density at radius 2 is 2.30 bits per heavy atom. The third-order valence-electron chi connectivity index (χ3n) is 2.38. The highest BCUT2D eigenvalue weighted by molar-refractivity contribution is 5.58. The molecule has 1 N–H and O–H groups in total. The Hall–Kier alpha value is -2.24. The molecular formula is C12H16N4O4. The van der Waals surface area contributed by atoms with Crippen LogP contribution in [0.3, 0.4) is 0 Å². The van der Waals surface area contributed by atoms with Gasteiger partial charge in [-0.05, 0) is 6.42 Å². The first kappa shape index (κ1) is 15.8. The van der Waals surface area contributed by atoms with Crippen LogP contribution in [0.15, 0.2) is 12.3 Å². The lowest BCUT2D eigenvalue weighted by Crippen LogP contribution is -2.10. The Morgan fingerprint density at radius 1 is 1.50 bits per heavy atom. The van der Waals surface area contributed by atoms with E-state index in [2.05, 4.69) is 10.3 Å². The zero-order chi connectivity index (χ0) is 14.8. The average molecular weight is 280 g/mol. The molecule has 0 fully saturated rings. The normalized spacial score (nSPS) is 10.0. The molecule has 0 aliphatic carbocycles. The molecule has 0 atom stereocenters. The first-order valence-corrected chi connectivity index (χ1v) is 6.04. The summed E-state index contributed by atoms with van der Waals surface area (Å²) in [5.41, 5.74) is -0.0468. The van der Waals surface area contributed by atoms with E-state index in [0.717, 1.165) is 0 Å². The summed E-state index contributed by atoms with van der Waals surface area (Å²) in [6.07, 6.45) is 1.98. The molecule has 0 saturated heterocycles. The van der Waals surface area contributed by atoms with Crippen molar-refractivity contribution in [3.05, 3.63) is 27.9 Å². The van der Waals surface area contributed by atoms with Gasteiger partial charge in [0.25, 0.3) is 0 Å². The number of methoxy groups -OCH3 is 1. The number of ether oxygens (including phenoxy) is 2. The van der Waals surface area contributed by atoms with Gasteiger partial charge in [0.1, 0.15) is 6.07 Å². The fraction of sp³-hybridized carbons (Fsp3) is 0.500. The number of nitriles is 1. The number of anilines is 1. The standard InChI is InChI=1S/C12H16N4O4/c1-19-5-6-20-4-2-3-14-12-11(16(17)18)7-10(8-13)9-15-12/h7,9H,2-6H2,1H3,(H,14,15). The van der Waals surface area contributed by atoms with E-state index in [1.807, 2.05) is 6.07 Å². The van der Waals surface area contributed by atoms with Crippen LogP contribution in [0.5, 0.6) is 0 Å². The zero-order valence-electron chi connectivity index (χ0n) is 11.2. The molecule has 1 rings (SSSR count). The highest BCUT2D eigenvalue weighted by Gasteiger charge is 2.15. The lowest BCUT2D eigenvalue weighted by molar-refractivity contribution is -0.384. The van der Waals surface area contributed by atoms with Crippen LogP contribution >= 0.6 is 0 Å². The molecule has 0 spiro atoms. The van der Waals surface area contributed by atoms with Crippen LogP contribution in [0.2, 0.25) is 0 Å². The summed E-state index contributed by atoms with van der Waals surface area (Å²) in [4.78, 5) is 14.2. The number of hydrogen-bond donors (Lipinski definition) is 1. The van der Waals surface area contributed by atoms with Gasteiger partial charge in [-0.25, -0.2) is 4.98 Å². The molecule has 0 unspecified atom stereocenters. The van der Waals surface area contributed by atoms with Gasteiger partial charge < -0.3 is 14.8 Å². The van der Waals surface area contributed by atoms with E-state index in [4.69, 9.17) is 14.7 Å². The maximum absolute atomic E-state index is 10.9. The Bertz CT molecular complexity index is 487. The van der Waals surface area contributed by atoms with Gasteiger partial charge in [0, 0.05) is 32.5 Å². The highest BCUT2D eigenvalue weighted by atomic mass is 16.6. The molecule has 0 bridgehead atoms. The second-order valence-electron chi connectivity index (χ2n) is 3.85. The summed E-state index contributed by atoms with van der Waals surface area (Å²) >= 11 is 0. The average Bonchev–Trinajstić information content (AvgIpc) is 2.46. The quantitative estimate of drug-likeness (QED) is 0.412. The third-order valence-corrected chi connectivity index (χ3v) is 2.38. The van der Waals surface area contributed by atoms with Crippen molar-refractivity contribution >= 4 is 11.5 Å². The van der Waals surface area contributed by atoms with E-state index < -0.39 is 4.92 Å². The number of pyridine rings is 1. The third kappa shape index (κ3) is 5.17. The number of nitrogens with one attached hydrogen (secondary N) is 1. The Balaban J connectivity index is 2.44. The van der Waals surface area contributed by atoms with Gasteiger partial charge in [-0.15, -0.1) is 0 Å². The monoisotopic (exact) mass is 280 g/mol. The fourth-order valence-electron chi connectivity index (χ4n) is 1.42. The van der Waals surface area contributed by atoms with Crippen LogP contribution in [0.25, 0.3) is 0 Å². The second kappa shape index (κ2) is 8.79. The fourth-order valence-corrected chi connectivity index (χ4v) is 1.42. The number of aromatic nitrogens is 1. The molecule has 108 valence electrons. The topological polar surface area (TPSA) is 110 Å². The lowest BCUT2D eigenvalue weighted by atomic mass is 10.2. The number of nitrogens with zero attached hydrogens (tertiary/aromatic N) is 3. The summed E-state index contributed by atoms with van der Waals surface area (Å²) in [5, 5.41) is 22.4. The predicted octanol–water partition coefficient (Wildman–Crippen LogP) is 1.33. The van der Waals surface area contributed by atoms with Crippen molar-refractivity contribution in [2.75, 3.05) is 38.8 Å². The number of nitro groups is 1. The van der Waals surface area contributed by atoms with Crippen molar-refractivity contribution in [1.82, 2.24) is 4.98 Å². The minimum Gasteiger partial charge on any atom is -0.382 e. The van der Waals surface area contributed by atoms with Crippen LogP contribution in [-0.4, -0.2) is 43.4 Å². The molecule has 0 radical (unpaired) electrons. The molecule has 1 aromatic rings. The van der Waals surface area contributed by atoms with E-state index in [0.29, 0.717) is 32.8 Å². The van der Waals surface area contributed by atoms with Crippen molar-refractivity contribution in [3.8, 4) is 6.07 Å². The minimum atomic E-state index is -0.564. The van der Waals surface area contributed by atoms with Crippen LogP contribution in [0, 0.1) is 21.4 Å². The first-order chi connectivity index (χ1) is 9.69. The summed E-state index contributed by atoms with van der Waals surface area (Å²) in [7, 11) is 1.60. The zero-order valence-corrected chi connectivity index (χ0v) is 11.2. The van der Waals surface area contributed by atoms with Gasteiger partial charge in [-0.1, -0.05) is 0 Å². The van der Waals surface area contributed by atoms with Crippen molar-refractivity contribution in [2.24, 2.45) is 0 Å². The van der Waals surface area contributed by atoms with Gasteiger partial charge in [0.05, 0.1) is 23.7 Å². The van der Waals surface area contributed by atoms with E-state index in [1.54, 1.807) is 7.11 Å². The van der Waals surface area contributed by atoms with Gasteiger partial charge in [-0.2, -0.15) is 5.26 Å². The molecule has 8 nitrogen and oxygen atoms in total. The van der Waals surface area contributed by atoms with Gasteiger partial charge in [0.15, 0.2) is 0 Å². The smallest absolute Gasteiger partial charge is 0.312 e. The number of hydrogen-bond acceptors (Lipinski definition) is 7. The van der Waals surface area contributed by atoms with Crippen molar-refractivity contribution in [3.63, 3.8) is 0 Å². The number of rotatable bonds is 9. The van der Waals surface area contributed by atoms with E-state index in [9.17, 15) is 10.1 Å². The van der Waals surface area contributed by atoms with Crippen molar-refractivity contribution in [1.29, 1.82) is 5.26 Å². The van der Waals surface area contributed by atoms with E-state index in [1.165, 1.54) is 12.3 Å². The molecule has 0 aliphatic rings. The summed E-state index contributed by atoms with van der Waals surface area (Å²) in [5.74, 6) is 0.158. The van der Waals surface area contributed by atoms with Crippen LogP contribution < -0.4 is 5.32 Å². The maximum atomic E-state index is 10.9. The largest absolute Gasteiger partial charge is 0.382 e. The molecule has 0 amide bonds. The van der Waals surface area contributed by atoms with Crippen LogP contribution in [0.4, 0.5) is 11.5 Å². The maximum Gasteiger partial charge on any atom is 0.312 e. The Labute approximate surface area is 116 Å². The lowest BCUT2D eigenvalue weighted by Gasteiger charge is -2.06. The molecule has 0 aromatic carbocycles. The molecule has 0 aliphatic heterocycles. The van der Waals surface area contributed by atoms with Gasteiger partial charge in [-0.3, -0.25) is 10.1 Å². The predicted molar refractivity (Wildman–Crippen MR) is 71.4 cm³/mol. The Kier molecular flexibility index (Phi) is 6.95. The minimum absolute atomic E-state index is 0.158. The summed E-state index contributed by atoms with van der Waals surface area (Å²) in [6, 6.07) is 3.02. The summed E-state index contributed by atoms with van der Waals surface area (Å²) < 4.78 is 10.1. The molecule has 20 heavy (non-hydrogen) atoms. The molecule has 1 heterocycles. The molecule has 8 heteroatoms. The van der Waals surface area contributed by atoms with Crippen LogP contribution in [-0.2, 0) is 9.47 Å². The van der Waals surface area contributed by atoms with Gasteiger partial charge in [0.2, 0.25) is 5.82 Å². The first-order valence-electron chi connectivity index (χ1n) is 6.04. The van der Waals surface area contributed by atoms with E-state index in [-0.39, 0.29) is 17.1 Å². The molecule has 0 saturated carbocycles. The van der Waals surface area contributed by atoms with Gasteiger partial charge >= 0.3 is 5.69 Å². The Morgan fingerprint density at radius 3 is 2.95 bits per heavy atom. The van der Waals surface area contributed by atoms with Crippen molar-refractivity contribution < 1.29 is 14.4 Å². The molecule has 1 aromatic heterocycles. The summed E-state index contributed by atoms with van der Waals surface area (Å²) in [6.45, 7) is 2.08. The molecular weight excluding hydrogens is 264 g/mol. The second-order valence-corrected chi connectivity index (χ2v) is 3.85. The SMILES string of the molecule is COCCOCCCNc1ncc(C#N)cc1[N+](=O)[O-]. The highest BCUT2D eigenvalue weighted by Crippen LogP contribution is 2.22. The van der Waals surface area contributed by atoms with E-state index >= 15 is 0 Å². The van der Waals surface area contributed by atoms with Crippen LogP contribution in [0.1, 0.15) is 12.0 Å².